The van der Waals surface area contributed by atoms with Gasteiger partial charge in [-0.1, -0.05) is 42.5 Å². The molecule has 0 fully saturated rings. The Morgan fingerprint density at radius 2 is 1.53 bits per heavy atom. The molecule has 4 aromatic carbocycles. The summed E-state index contributed by atoms with van der Waals surface area (Å²) < 4.78 is 27.0. The van der Waals surface area contributed by atoms with Gasteiger partial charge < -0.3 is 19.1 Å². The van der Waals surface area contributed by atoms with Crippen molar-refractivity contribution >= 4 is 22.4 Å². The lowest BCUT2D eigenvalue weighted by Gasteiger charge is -2.28. The van der Waals surface area contributed by atoms with E-state index in [0.717, 1.165) is 45.1 Å². The SMILES string of the molecule is Cc1c(NS(C)=O)cccc1N(Cc1ccc(C#N)cc1)Cc1ccc(Oc2cccc(OCc3cccnc3)c2)cc1. The molecule has 0 aliphatic heterocycles. The van der Waals surface area contributed by atoms with E-state index < -0.39 is 11.0 Å². The summed E-state index contributed by atoms with van der Waals surface area (Å²) in [5.41, 5.74) is 6.69. The minimum Gasteiger partial charge on any atom is -0.489 e. The fourth-order valence-corrected chi connectivity index (χ4v) is 5.19. The first-order valence-electron chi connectivity index (χ1n) is 13.8. The van der Waals surface area contributed by atoms with Gasteiger partial charge in [-0.25, -0.2) is 4.21 Å². The quantitative estimate of drug-likeness (QED) is 0.162. The Labute approximate surface area is 255 Å². The molecule has 0 aliphatic carbocycles. The Morgan fingerprint density at radius 3 is 2.21 bits per heavy atom. The first-order valence-corrected chi connectivity index (χ1v) is 15.3. The second kappa shape index (κ2) is 14.2. The summed E-state index contributed by atoms with van der Waals surface area (Å²) in [5, 5.41) is 9.21. The van der Waals surface area contributed by atoms with Gasteiger partial charge in [-0.05, 0) is 78.2 Å². The first-order chi connectivity index (χ1) is 21.0. The van der Waals surface area contributed by atoms with Crippen molar-refractivity contribution < 1.29 is 13.7 Å². The Balaban J connectivity index is 1.31. The number of hydrogen-bond acceptors (Lipinski definition) is 6. The minimum atomic E-state index is -1.18. The molecule has 1 heterocycles. The van der Waals surface area contributed by atoms with Crippen molar-refractivity contribution in [2.75, 3.05) is 15.9 Å². The van der Waals surface area contributed by atoms with Gasteiger partial charge in [0, 0.05) is 49.1 Å². The third-order valence-electron chi connectivity index (χ3n) is 6.82. The van der Waals surface area contributed by atoms with Crippen LogP contribution in [-0.4, -0.2) is 15.4 Å². The Bertz CT molecular complexity index is 1720. The van der Waals surface area contributed by atoms with Gasteiger partial charge in [-0.15, -0.1) is 0 Å². The normalized spacial score (nSPS) is 11.3. The maximum absolute atomic E-state index is 11.9. The topological polar surface area (TPSA) is 87.5 Å². The first kappa shape index (κ1) is 29.4. The average Bonchev–Trinajstić information content (AvgIpc) is 3.02. The van der Waals surface area contributed by atoms with Crippen LogP contribution in [0.1, 0.15) is 27.8 Å². The van der Waals surface area contributed by atoms with E-state index in [1.165, 1.54) is 0 Å². The number of hydrogen-bond donors (Lipinski definition) is 1. The molecule has 0 bridgehead atoms. The van der Waals surface area contributed by atoms with Crippen LogP contribution in [0.2, 0.25) is 0 Å². The number of pyridine rings is 1. The van der Waals surface area contributed by atoms with Gasteiger partial charge in [0.25, 0.3) is 0 Å². The number of rotatable bonds is 12. The maximum atomic E-state index is 11.9. The Morgan fingerprint density at radius 1 is 0.837 bits per heavy atom. The Hall–Kier alpha value is -5.13. The fourth-order valence-electron chi connectivity index (χ4n) is 4.66. The fraction of sp³-hybridized carbons (Fsp3) is 0.143. The van der Waals surface area contributed by atoms with Crippen molar-refractivity contribution in [1.82, 2.24) is 4.98 Å². The summed E-state index contributed by atoms with van der Waals surface area (Å²) in [4.78, 5) is 6.40. The second-order valence-corrected chi connectivity index (χ2v) is 11.2. The second-order valence-electron chi connectivity index (χ2n) is 10.0. The van der Waals surface area contributed by atoms with Crippen molar-refractivity contribution in [3.05, 3.63) is 143 Å². The van der Waals surface area contributed by atoms with E-state index in [0.29, 0.717) is 31.0 Å². The molecule has 0 aliphatic rings. The molecule has 7 nitrogen and oxygen atoms in total. The highest BCUT2D eigenvalue weighted by Crippen LogP contribution is 2.31. The third-order valence-corrected chi connectivity index (χ3v) is 7.33. The van der Waals surface area contributed by atoms with Gasteiger partial charge in [0.15, 0.2) is 0 Å². The zero-order chi connectivity index (χ0) is 30.0. The molecule has 43 heavy (non-hydrogen) atoms. The number of nitriles is 1. The predicted octanol–water partition coefficient (Wildman–Crippen LogP) is 7.55. The van der Waals surface area contributed by atoms with E-state index in [1.807, 2.05) is 91.9 Å². The van der Waals surface area contributed by atoms with Gasteiger partial charge >= 0.3 is 0 Å². The molecule has 1 N–H and O–H groups in total. The monoisotopic (exact) mass is 588 g/mol. The van der Waals surface area contributed by atoms with Crippen LogP contribution in [0, 0.1) is 18.3 Å². The largest absolute Gasteiger partial charge is 0.489 e. The van der Waals surface area contributed by atoms with Crippen LogP contribution < -0.4 is 19.1 Å². The molecule has 0 saturated heterocycles. The van der Waals surface area contributed by atoms with Crippen LogP contribution in [-0.2, 0) is 30.7 Å². The van der Waals surface area contributed by atoms with Crippen molar-refractivity contribution in [2.45, 2.75) is 26.6 Å². The molecule has 0 radical (unpaired) electrons. The molecule has 0 saturated carbocycles. The van der Waals surface area contributed by atoms with E-state index in [2.05, 4.69) is 38.9 Å². The highest BCUT2D eigenvalue weighted by atomic mass is 32.2. The van der Waals surface area contributed by atoms with Crippen LogP contribution in [0.25, 0.3) is 0 Å². The Kier molecular flexibility index (Phi) is 9.67. The number of aromatic nitrogens is 1. The van der Waals surface area contributed by atoms with E-state index in [4.69, 9.17) is 9.47 Å². The van der Waals surface area contributed by atoms with Gasteiger partial charge in [-0.3, -0.25) is 4.98 Å². The lowest BCUT2D eigenvalue weighted by molar-refractivity contribution is 0.304. The summed E-state index contributed by atoms with van der Waals surface area (Å²) in [6.07, 6.45) is 5.15. The number of ether oxygens (including phenoxy) is 2. The predicted molar refractivity (Wildman–Crippen MR) is 171 cm³/mol. The number of benzene rings is 4. The average molecular weight is 589 g/mol. The smallest absolute Gasteiger partial charge is 0.131 e. The highest BCUT2D eigenvalue weighted by molar-refractivity contribution is 7.85. The van der Waals surface area contributed by atoms with Gasteiger partial charge in [0.05, 0.1) is 17.3 Å². The van der Waals surface area contributed by atoms with Crippen LogP contribution >= 0.6 is 0 Å². The lowest BCUT2D eigenvalue weighted by Crippen LogP contribution is -2.23. The van der Waals surface area contributed by atoms with Gasteiger partial charge in [0.1, 0.15) is 34.8 Å². The maximum Gasteiger partial charge on any atom is 0.131 e. The molecule has 1 atom stereocenters. The van der Waals surface area contributed by atoms with Gasteiger partial charge in [0.2, 0.25) is 0 Å². The molecule has 0 spiro atoms. The summed E-state index contributed by atoms with van der Waals surface area (Å²) in [6, 6.07) is 35.3. The molecule has 5 aromatic rings. The van der Waals surface area contributed by atoms with Crippen LogP contribution in [0.4, 0.5) is 11.4 Å². The zero-order valence-electron chi connectivity index (χ0n) is 24.1. The molecule has 216 valence electrons. The van der Waals surface area contributed by atoms with E-state index in [9.17, 15) is 9.47 Å². The lowest BCUT2D eigenvalue weighted by atomic mass is 10.1. The molecular weight excluding hydrogens is 556 g/mol. The van der Waals surface area contributed by atoms with Crippen LogP contribution in [0.5, 0.6) is 17.2 Å². The zero-order valence-corrected chi connectivity index (χ0v) is 24.9. The third kappa shape index (κ3) is 8.22. The standard InChI is InChI=1S/C35H32N4O3S/c1-26-34(38-43(2)40)9-4-10-35(26)39(23-28-13-11-27(21-36)12-14-28)24-29-15-17-31(18-16-29)42-33-8-3-7-32(20-33)41-25-30-6-5-19-37-22-30/h3-20,22,38H,23-25H2,1-2H3. The summed E-state index contributed by atoms with van der Waals surface area (Å²) >= 11 is 0. The van der Waals surface area contributed by atoms with Crippen molar-refractivity contribution in [1.29, 1.82) is 5.26 Å². The van der Waals surface area contributed by atoms with E-state index in [1.54, 1.807) is 18.6 Å². The van der Waals surface area contributed by atoms with Crippen molar-refractivity contribution in [3.63, 3.8) is 0 Å². The number of anilines is 2. The molecular formula is C35H32N4O3S. The summed E-state index contributed by atoms with van der Waals surface area (Å²) in [5.74, 6) is 2.13. The molecule has 1 aromatic heterocycles. The highest BCUT2D eigenvalue weighted by Gasteiger charge is 2.14. The van der Waals surface area contributed by atoms with Crippen LogP contribution in [0.3, 0.4) is 0 Å². The molecule has 5 rings (SSSR count). The van der Waals surface area contributed by atoms with E-state index >= 15 is 0 Å². The van der Waals surface area contributed by atoms with Gasteiger partial charge in [-0.2, -0.15) is 5.26 Å². The minimum absolute atomic E-state index is 0.430. The van der Waals surface area contributed by atoms with Crippen molar-refractivity contribution in [3.8, 4) is 23.3 Å². The van der Waals surface area contributed by atoms with E-state index in [-0.39, 0.29) is 0 Å². The molecule has 0 amide bonds. The molecule has 1 unspecified atom stereocenters. The van der Waals surface area contributed by atoms with Crippen LogP contribution in [0.15, 0.2) is 116 Å². The summed E-state index contributed by atoms with van der Waals surface area (Å²) in [7, 11) is -1.18. The van der Waals surface area contributed by atoms with Crippen molar-refractivity contribution in [2.24, 2.45) is 0 Å². The summed E-state index contributed by atoms with van der Waals surface area (Å²) in [6.45, 7) is 3.73. The number of nitrogens with one attached hydrogen (secondary N) is 1. The molecule has 8 heteroatoms. The number of nitrogens with zero attached hydrogens (tertiary/aromatic N) is 3.